The van der Waals surface area contributed by atoms with Crippen LogP contribution < -0.4 is 10.5 Å². The van der Waals surface area contributed by atoms with Gasteiger partial charge < -0.3 is 15.6 Å². The van der Waals surface area contributed by atoms with E-state index in [-0.39, 0.29) is 5.69 Å². The van der Waals surface area contributed by atoms with Gasteiger partial charge in [-0.1, -0.05) is 23.5 Å². The molecular weight excluding hydrogens is 402 g/mol. The van der Waals surface area contributed by atoms with E-state index in [9.17, 15) is 17.6 Å². The quantitative estimate of drug-likeness (QED) is 0.477. The molecule has 0 fully saturated rings. The number of carbonyl (C=O) groups is 1. The molecule has 3 rings (SSSR count). The van der Waals surface area contributed by atoms with Crippen LogP contribution in [0.15, 0.2) is 42.5 Å². The second kappa shape index (κ2) is 8.65. The monoisotopic (exact) mass is 415 g/mol. The van der Waals surface area contributed by atoms with Crippen LogP contribution in [-0.4, -0.2) is 27.4 Å². The summed E-state index contributed by atoms with van der Waals surface area (Å²) >= 11 is 1.51. The summed E-state index contributed by atoms with van der Waals surface area (Å²) in [6.45, 7) is 1.90. The maximum atomic E-state index is 13.4. The standard InChI is InChI=1S/C15H12FN3OS.C2HF3O2/c1-9-18-19-15(21-9)10-3-2-4-11(7-10)20-12-5-6-14(17)13(16)8-12;3-2(4,5)1(6)7/h2-8H,17H2,1H3;(H,6,7). The molecule has 0 bridgehead atoms. The molecule has 3 N–H and O–H groups in total. The molecule has 1 heterocycles. The summed E-state index contributed by atoms with van der Waals surface area (Å²) in [6, 6.07) is 11.8. The van der Waals surface area contributed by atoms with E-state index in [0.717, 1.165) is 15.6 Å². The zero-order valence-electron chi connectivity index (χ0n) is 14.2. The number of hydrogen-bond acceptors (Lipinski definition) is 6. The Labute approximate surface area is 160 Å². The van der Waals surface area contributed by atoms with Crippen molar-refractivity contribution < 1.29 is 32.2 Å². The Bertz CT molecular complexity index is 976. The third-order valence-electron chi connectivity index (χ3n) is 3.06. The number of nitrogens with zero attached hydrogens (tertiary/aromatic N) is 2. The maximum Gasteiger partial charge on any atom is 0.490 e. The molecule has 1 aromatic heterocycles. The SMILES string of the molecule is Cc1nnc(-c2cccc(Oc3ccc(N)c(F)c3)c2)s1.O=C(O)C(F)(F)F. The molecule has 0 saturated carbocycles. The highest BCUT2D eigenvalue weighted by atomic mass is 32.1. The van der Waals surface area contributed by atoms with Crippen molar-refractivity contribution in [1.82, 2.24) is 10.2 Å². The number of carboxylic acid groups (broad SMARTS) is 1. The third kappa shape index (κ3) is 5.91. The molecule has 0 atom stereocenters. The van der Waals surface area contributed by atoms with E-state index in [1.807, 2.05) is 25.1 Å². The minimum Gasteiger partial charge on any atom is -0.475 e. The highest BCUT2D eigenvalue weighted by Gasteiger charge is 2.38. The van der Waals surface area contributed by atoms with Crippen LogP contribution >= 0.6 is 11.3 Å². The zero-order chi connectivity index (χ0) is 20.9. The number of ether oxygens (including phenoxy) is 1. The van der Waals surface area contributed by atoms with Gasteiger partial charge in [-0.2, -0.15) is 13.2 Å². The second-order valence-corrected chi connectivity index (χ2v) is 6.42. The molecule has 148 valence electrons. The van der Waals surface area contributed by atoms with Crippen molar-refractivity contribution in [3.8, 4) is 22.1 Å². The van der Waals surface area contributed by atoms with Crippen LogP contribution in [-0.2, 0) is 4.79 Å². The lowest BCUT2D eigenvalue weighted by atomic mass is 10.2. The van der Waals surface area contributed by atoms with Gasteiger partial charge in [0.1, 0.15) is 27.3 Å². The van der Waals surface area contributed by atoms with E-state index >= 15 is 0 Å². The van der Waals surface area contributed by atoms with Crippen LogP contribution in [0.1, 0.15) is 5.01 Å². The minimum atomic E-state index is -5.08. The van der Waals surface area contributed by atoms with Crippen molar-refractivity contribution in [2.24, 2.45) is 0 Å². The molecule has 28 heavy (non-hydrogen) atoms. The Morgan fingerprint density at radius 3 is 2.32 bits per heavy atom. The van der Waals surface area contributed by atoms with E-state index < -0.39 is 18.0 Å². The van der Waals surface area contributed by atoms with Crippen molar-refractivity contribution in [2.75, 3.05) is 5.73 Å². The molecule has 0 unspecified atom stereocenters. The van der Waals surface area contributed by atoms with Gasteiger partial charge in [-0.25, -0.2) is 9.18 Å². The number of aryl methyl sites for hydroxylation is 1. The van der Waals surface area contributed by atoms with Gasteiger partial charge >= 0.3 is 12.1 Å². The third-order valence-corrected chi connectivity index (χ3v) is 3.94. The Hall–Kier alpha value is -3.21. The number of aromatic nitrogens is 2. The number of nitrogen functional groups attached to an aromatic ring is 1. The molecule has 0 amide bonds. The molecule has 0 aliphatic rings. The van der Waals surface area contributed by atoms with Gasteiger partial charge in [-0.15, -0.1) is 10.2 Å². The van der Waals surface area contributed by atoms with Gasteiger partial charge in [0.2, 0.25) is 0 Å². The second-order valence-electron chi connectivity index (χ2n) is 5.24. The van der Waals surface area contributed by atoms with E-state index in [1.165, 1.54) is 23.5 Å². The zero-order valence-corrected chi connectivity index (χ0v) is 15.0. The molecule has 2 aromatic carbocycles. The van der Waals surface area contributed by atoms with Crippen molar-refractivity contribution in [3.63, 3.8) is 0 Å². The van der Waals surface area contributed by atoms with Crippen LogP contribution in [0.25, 0.3) is 10.6 Å². The van der Waals surface area contributed by atoms with Crippen LogP contribution in [0, 0.1) is 12.7 Å². The summed E-state index contributed by atoms with van der Waals surface area (Å²) in [7, 11) is 0. The van der Waals surface area contributed by atoms with Gasteiger partial charge in [-0.05, 0) is 31.2 Å². The molecule has 11 heteroatoms. The molecule has 0 spiro atoms. The maximum absolute atomic E-state index is 13.4. The number of alkyl halides is 3. The summed E-state index contributed by atoms with van der Waals surface area (Å²) in [5.41, 5.74) is 6.45. The van der Waals surface area contributed by atoms with Gasteiger partial charge in [0.15, 0.2) is 0 Å². The van der Waals surface area contributed by atoms with E-state index in [2.05, 4.69) is 10.2 Å². The summed E-state index contributed by atoms with van der Waals surface area (Å²) < 4.78 is 50.8. The Morgan fingerprint density at radius 2 is 1.79 bits per heavy atom. The number of aliphatic carboxylic acids is 1. The van der Waals surface area contributed by atoms with Crippen LogP contribution in [0.5, 0.6) is 11.5 Å². The van der Waals surface area contributed by atoms with E-state index in [1.54, 1.807) is 12.1 Å². The number of anilines is 1. The first-order valence-electron chi connectivity index (χ1n) is 7.50. The number of benzene rings is 2. The summed E-state index contributed by atoms with van der Waals surface area (Å²) in [5, 5.41) is 16.9. The van der Waals surface area contributed by atoms with E-state index in [0.29, 0.717) is 11.5 Å². The number of hydrogen-bond donors (Lipinski definition) is 2. The van der Waals surface area contributed by atoms with Gasteiger partial charge in [0.25, 0.3) is 0 Å². The predicted octanol–water partition coefficient (Wildman–Crippen LogP) is 4.66. The molecule has 0 aliphatic carbocycles. The summed E-state index contributed by atoms with van der Waals surface area (Å²) in [4.78, 5) is 8.90. The molecule has 6 nitrogen and oxygen atoms in total. The average molecular weight is 415 g/mol. The number of rotatable bonds is 3. The topological polar surface area (TPSA) is 98.3 Å². The first-order chi connectivity index (χ1) is 13.1. The number of halogens is 4. The highest BCUT2D eigenvalue weighted by molar-refractivity contribution is 7.14. The Kier molecular flexibility index (Phi) is 6.52. The molecule has 0 aliphatic heterocycles. The van der Waals surface area contributed by atoms with Gasteiger partial charge in [-0.3, -0.25) is 0 Å². The van der Waals surface area contributed by atoms with Crippen LogP contribution in [0.4, 0.5) is 23.2 Å². The normalized spacial score (nSPS) is 10.8. The minimum absolute atomic E-state index is 0.0976. The largest absolute Gasteiger partial charge is 0.490 e. The van der Waals surface area contributed by atoms with Crippen molar-refractivity contribution >= 4 is 23.0 Å². The van der Waals surface area contributed by atoms with Gasteiger partial charge in [0, 0.05) is 11.6 Å². The smallest absolute Gasteiger partial charge is 0.475 e. The number of nitrogens with two attached hydrogens (primary N) is 1. The molecule has 3 aromatic rings. The van der Waals surface area contributed by atoms with Crippen LogP contribution in [0.2, 0.25) is 0 Å². The fourth-order valence-corrected chi connectivity index (χ4v) is 2.50. The highest BCUT2D eigenvalue weighted by Crippen LogP contribution is 2.29. The molecule has 0 saturated heterocycles. The average Bonchev–Trinajstić information content (AvgIpc) is 3.05. The predicted molar refractivity (Wildman–Crippen MR) is 94.7 cm³/mol. The lowest BCUT2D eigenvalue weighted by Crippen LogP contribution is -2.21. The van der Waals surface area contributed by atoms with Crippen LogP contribution in [0.3, 0.4) is 0 Å². The fraction of sp³-hybridized carbons (Fsp3) is 0.118. The van der Waals surface area contributed by atoms with Crippen molar-refractivity contribution in [1.29, 1.82) is 0 Å². The molecule has 0 radical (unpaired) electrons. The summed E-state index contributed by atoms with van der Waals surface area (Å²) in [6.07, 6.45) is -5.08. The van der Waals surface area contributed by atoms with Crippen molar-refractivity contribution in [2.45, 2.75) is 13.1 Å². The first kappa shape index (κ1) is 21.1. The van der Waals surface area contributed by atoms with Crippen molar-refractivity contribution in [3.05, 3.63) is 53.3 Å². The van der Waals surface area contributed by atoms with Gasteiger partial charge in [0.05, 0.1) is 5.69 Å². The first-order valence-corrected chi connectivity index (χ1v) is 8.31. The summed E-state index contributed by atoms with van der Waals surface area (Å²) in [5.74, 6) is -2.26. The number of carboxylic acids is 1. The Balaban J connectivity index is 0.000000345. The lowest BCUT2D eigenvalue weighted by molar-refractivity contribution is -0.192. The Morgan fingerprint density at radius 1 is 1.14 bits per heavy atom. The van der Waals surface area contributed by atoms with E-state index in [4.69, 9.17) is 20.4 Å². The lowest BCUT2D eigenvalue weighted by Gasteiger charge is -2.07. The fourth-order valence-electron chi connectivity index (χ4n) is 1.81. The molecular formula is C17H13F4N3O3S.